The van der Waals surface area contributed by atoms with E-state index in [1.165, 1.54) is 0 Å². The van der Waals surface area contributed by atoms with Gasteiger partial charge in [0.15, 0.2) is 0 Å². The van der Waals surface area contributed by atoms with E-state index in [0.717, 1.165) is 6.42 Å². The summed E-state index contributed by atoms with van der Waals surface area (Å²) in [5.74, 6) is -1.01. The van der Waals surface area contributed by atoms with E-state index in [1.54, 1.807) is 6.92 Å². The van der Waals surface area contributed by atoms with Crippen LogP contribution in [-0.4, -0.2) is 23.5 Å². The molecule has 11 heavy (non-hydrogen) atoms. The van der Waals surface area contributed by atoms with Gasteiger partial charge < -0.3 is 10.4 Å². The molecule has 0 fully saturated rings. The summed E-state index contributed by atoms with van der Waals surface area (Å²) in [7, 11) is 0. The zero-order valence-corrected chi connectivity index (χ0v) is 6.70. The molecule has 0 heterocycles. The first-order chi connectivity index (χ1) is 5.13. The SMILES string of the molecule is CCC(C)[C@@H](NC=O)C(=O)O. The molecule has 4 nitrogen and oxygen atoms in total. The second kappa shape index (κ2) is 4.71. The molecule has 0 aromatic heterocycles. The first-order valence-corrected chi connectivity index (χ1v) is 3.56. The van der Waals surface area contributed by atoms with Crippen LogP contribution in [0.2, 0.25) is 0 Å². The van der Waals surface area contributed by atoms with Crippen molar-refractivity contribution in [3.63, 3.8) is 0 Å². The van der Waals surface area contributed by atoms with E-state index < -0.39 is 12.0 Å². The van der Waals surface area contributed by atoms with Crippen molar-refractivity contribution in [1.29, 1.82) is 0 Å². The summed E-state index contributed by atoms with van der Waals surface area (Å²) in [6.07, 6.45) is 1.16. The lowest BCUT2D eigenvalue weighted by Gasteiger charge is -2.16. The van der Waals surface area contributed by atoms with Crippen LogP contribution in [0.1, 0.15) is 20.3 Å². The number of aliphatic carboxylic acids is 1. The molecule has 0 bridgehead atoms. The lowest BCUT2D eigenvalue weighted by atomic mass is 10.00. The highest BCUT2D eigenvalue weighted by molar-refractivity contribution is 5.76. The van der Waals surface area contributed by atoms with Crippen LogP contribution in [0, 0.1) is 5.92 Å². The molecule has 0 saturated heterocycles. The molecule has 0 aliphatic rings. The second-order valence-electron chi connectivity index (χ2n) is 2.49. The van der Waals surface area contributed by atoms with Gasteiger partial charge in [-0.15, -0.1) is 0 Å². The molecule has 64 valence electrons. The second-order valence-corrected chi connectivity index (χ2v) is 2.49. The number of hydrogen-bond donors (Lipinski definition) is 2. The zero-order chi connectivity index (χ0) is 8.85. The molecule has 2 atom stereocenters. The van der Waals surface area contributed by atoms with E-state index in [2.05, 4.69) is 5.32 Å². The minimum Gasteiger partial charge on any atom is -0.480 e. The Morgan fingerprint density at radius 1 is 1.73 bits per heavy atom. The number of nitrogens with one attached hydrogen (secondary N) is 1. The molecule has 2 N–H and O–H groups in total. The average molecular weight is 159 g/mol. The van der Waals surface area contributed by atoms with Gasteiger partial charge >= 0.3 is 5.97 Å². The van der Waals surface area contributed by atoms with Crippen LogP contribution in [0.5, 0.6) is 0 Å². The van der Waals surface area contributed by atoms with Gasteiger partial charge in [-0.2, -0.15) is 0 Å². The third kappa shape index (κ3) is 3.02. The number of carbonyl (C=O) groups excluding carboxylic acids is 1. The van der Waals surface area contributed by atoms with Gasteiger partial charge in [-0.25, -0.2) is 4.79 Å². The van der Waals surface area contributed by atoms with Crippen LogP contribution < -0.4 is 5.32 Å². The summed E-state index contributed by atoms with van der Waals surface area (Å²) in [5.41, 5.74) is 0. The molecule has 0 aromatic rings. The number of carboxylic acids is 1. The van der Waals surface area contributed by atoms with Crippen LogP contribution in [0.3, 0.4) is 0 Å². The minimum atomic E-state index is -0.980. The number of rotatable bonds is 5. The lowest BCUT2D eigenvalue weighted by molar-refractivity contribution is -0.142. The maximum Gasteiger partial charge on any atom is 0.326 e. The van der Waals surface area contributed by atoms with Gasteiger partial charge in [-0.05, 0) is 5.92 Å². The molecule has 0 aromatic carbocycles. The summed E-state index contributed by atoms with van der Waals surface area (Å²) in [6.45, 7) is 3.67. The van der Waals surface area contributed by atoms with Gasteiger partial charge in [0.25, 0.3) is 0 Å². The largest absolute Gasteiger partial charge is 0.480 e. The summed E-state index contributed by atoms with van der Waals surface area (Å²) in [5, 5.41) is 10.8. The van der Waals surface area contributed by atoms with Crippen molar-refractivity contribution in [2.75, 3.05) is 0 Å². The highest BCUT2D eigenvalue weighted by Gasteiger charge is 2.21. The van der Waals surface area contributed by atoms with Crippen molar-refractivity contribution in [2.24, 2.45) is 5.92 Å². The van der Waals surface area contributed by atoms with Gasteiger partial charge in [0.05, 0.1) is 0 Å². The predicted molar refractivity (Wildman–Crippen MR) is 40.1 cm³/mol. The molecule has 0 radical (unpaired) electrons. The number of carboxylic acid groups (broad SMARTS) is 1. The van der Waals surface area contributed by atoms with Crippen molar-refractivity contribution >= 4 is 12.4 Å². The summed E-state index contributed by atoms with van der Waals surface area (Å²) in [4.78, 5) is 20.4. The van der Waals surface area contributed by atoms with Gasteiger partial charge in [-0.1, -0.05) is 20.3 Å². The molecular formula is C7H13NO3. The van der Waals surface area contributed by atoms with Crippen molar-refractivity contribution < 1.29 is 14.7 Å². The van der Waals surface area contributed by atoms with Gasteiger partial charge in [-0.3, -0.25) is 4.79 Å². The molecule has 0 spiro atoms. The molecule has 1 amide bonds. The van der Waals surface area contributed by atoms with Gasteiger partial charge in [0, 0.05) is 0 Å². The Hall–Kier alpha value is -1.06. The topological polar surface area (TPSA) is 66.4 Å². The van der Waals surface area contributed by atoms with E-state index in [4.69, 9.17) is 5.11 Å². The fourth-order valence-corrected chi connectivity index (χ4v) is 0.788. The van der Waals surface area contributed by atoms with Crippen LogP contribution in [0.25, 0.3) is 0 Å². The first kappa shape index (κ1) is 9.94. The Kier molecular flexibility index (Phi) is 4.26. The van der Waals surface area contributed by atoms with E-state index in [-0.39, 0.29) is 5.92 Å². The Morgan fingerprint density at radius 3 is 2.55 bits per heavy atom. The smallest absolute Gasteiger partial charge is 0.326 e. The molecule has 1 unspecified atom stereocenters. The maximum atomic E-state index is 10.5. The molecule has 0 rings (SSSR count). The number of carbonyl (C=O) groups is 2. The Morgan fingerprint density at radius 2 is 2.27 bits per heavy atom. The summed E-state index contributed by atoms with van der Waals surface area (Å²) in [6, 6.07) is -0.752. The van der Waals surface area contributed by atoms with Crippen LogP contribution in [0.4, 0.5) is 0 Å². The quantitative estimate of drug-likeness (QED) is 0.564. The minimum absolute atomic E-state index is 0.0299. The van der Waals surface area contributed by atoms with Crippen molar-refractivity contribution in [1.82, 2.24) is 5.32 Å². The zero-order valence-electron chi connectivity index (χ0n) is 6.70. The fourth-order valence-electron chi connectivity index (χ4n) is 0.788. The van der Waals surface area contributed by atoms with Crippen molar-refractivity contribution in [3.8, 4) is 0 Å². The van der Waals surface area contributed by atoms with Crippen molar-refractivity contribution in [2.45, 2.75) is 26.3 Å². The first-order valence-electron chi connectivity index (χ1n) is 3.56. The monoisotopic (exact) mass is 159 g/mol. The van der Waals surface area contributed by atoms with E-state index >= 15 is 0 Å². The van der Waals surface area contributed by atoms with Gasteiger partial charge in [0.1, 0.15) is 6.04 Å². The molecular weight excluding hydrogens is 146 g/mol. The standard InChI is InChI=1S/C7H13NO3/c1-3-5(2)6(7(10)11)8-4-9/h4-6H,3H2,1-2H3,(H,8,9)(H,10,11)/t5?,6-/m1/s1. The van der Waals surface area contributed by atoms with Crippen molar-refractivity contribution in [3.05, 3.63) is 0 Å². The highest BCUT2D eigenvalue weighted by atomic mass is 16.4. The Labute approximate surface area is 65.6 Å². The average Bonchev–Trinajstić information content (AvgIpc) is 1.98. The Balaban J connectivity index is 4.08. The molecule has 0 aliphatic carbocycles. The van der Waals surface area contributed by atoms with Crippen LogP contribution in [0.15, 0.2) is 0 Å². The van der Waals surface area contributed by atoms with E-state index in [1.807, 2.05) is 6.92 Å². The highest BCUT2D eigenvalue weighted by Crippen LogP contribution is 2.06. The van der Waals surface area contributed by atoms with Crippen LogP contribution >= 0.6 is 0 Å². The van der Waals surface area contributed by atoms with E-state index in [0.29, 0.717) is 6.41 Å². The third-order valence-corrected chi connectivity index (χ3v) is 1.73. The summed E-state index contributed by atoms with van der Waals surface area (Å²) < 4.78 is 0. The van der Waals surface area contributed by atoms with Gasteiger partial charge in [0.2, 0.25) is 6.41 Å². The fraction of sp³-hybridized carbons (Fsp3) is 0.714. The summed E-state index contributed by atoms with van der Waals surface area (Å²) >= 11 is 0. The predicted octanol–water partition coefficient (Wildman–Crippen LogP) is 0.232. The molecule has 0 aliphatic heterocycles. The molecule has 4 heteroatoms. The van der Waals surface area contributed by atoms with E-state index in [9.17, 15) is 9.59 Å². The van der Waals surface area contributed by atoms with Crippen LogP contribution in [-0.2, 0) is 9.59 Å². The normalized spacial score (nSPS) is 15.1. The lowest BCUT2D eigenvalue weighted by Crippen LogP contribution is -2.40. The number of hydrogen-bond acceptors (Lipinski definition) is 2. The maximum absolute atomic E-state index is 10.5. The third-order valence-electron chi connectivity index (χ3n) is 1.73. The molecule has 0 saturated carbocycles. The Bertz CT molecular complexity index is 147. The number of amides is 1.